The highest BCUT2D eigenvalue weighted by atomic mass is 16.4. The van der Waals surface area contributed by atoms with Crippen molar-refractivity contribution in [2.75, 3.05) is 0 Å². The Morgan fingerprint density at radius 2 is 2.43 bits per heavy atom. The van der Waals surface area contributed by atoms with Gasteiger partial charge in [-0.25, -0.2) is 9.78 Å². The molecule has 2 rings (SSSR count). The van der Waals surface area contributed by atoms with Crippen LogP contribution in [0.3, 0.4) is 0 Å². The number of aromatic amines is 1. The summed E-state index contributed by atoms with van der Waals surface area (Å²) in [6.07, 6.45) is 4.91. The number of aryl methyl sites for hydroxylation is 1. The van der Waals surface area contributed by atoms with Gasteiger partial charge in [-0.15, -0.1) is 0 Å². The average Bonchev–Trinajstić information content (AvgIpc) is 2.70. The quantitative estimate of drug-likeness (QED) is 0.749. The number of aromatic nitrogens is 3. The lowest BCUT2D eigenvalue weighted by molar-refractivity contribution is 0.0687. The van der Waals surface area contributed by atoms with Gasteiger partial charge >= 0.3 is 5.97 Å². The van der Waals surface area contributed by atoms with Crippen LogP contribution < -0.4 is 0 Å². The summed E-state index contributed by atoms with van der Waals surface area (Å²) in [5.74, 6) is -0.445. The van der Waals surface area contributed by atoms with Gasteiger partial charge in [0.1, 0.15) is 5.69 Å². The van der Waals surface area contributed by atoms with Crippen LogP contribution in [0.2, 0.25) is 0 Å². The fraction of sp³-hybridized carbons (Fsp3) is 0.111. The molecular weight excluding hydrogens is 182 g/mol. The molecule has 0 fully saturated rings. The van der Waals surface area contributed by atoms with Crippen molar-refractivity contribution in [3.05, 3.63) is 35.9 Å². The number of carboxylic acid groups (broad SMARTS) is 1. The number of carbonyl (C=O) groups is 1. The van der Waals surface area contributed by atoms with Crippen LogP contribution in [0.15, 0.2) is 24.7 Å². The molecule has 5 nitrogen and oxygen atoms in total. The molecule has 0 saturated heterocycles. The summed E-state index contributed by atoms with van der Waals surface area (Å²) in [6, 6.07) is 1.74. The zero-order valence-corrected chi connectivity index (χ0v) is 7.56. The Morgan fingerprint density at radius 1 is 1.64 bits per heavy atom. The highest BCUT2D eigenvalue weighted by Crippen LogP contribution is 2.13. The predicted molar refractivity (Wildman–Crippen MR) is 49.6 cm³/mol. The fourth-order valence-corrected chi connectivity index (χ4v) is 1.37. The molecule has 2 heterocycles. The molecule has 2 aromatic heterocycles. The first-order valence-corrected chi connectivity index (χ1v) is 4.11. The minimum Gasteiger partial charge on any atom is -0.477 e. The van der Waals surface area contributed by atoms with Crippen LogP contribution in [0, 0.1) is 6.92 Å². The predicted octanol–water partition coefficient (Wildman–Crippen LogP) is 1.21. The molecule has 0 spiro atoms. The third kappa shape index (κ3) is 1.19. The number of aromatic carboxylic acids is 1. The van der Waals surface area contributed by atoms with Crippen molar-refractivity contribution < 1.29 is 9.90 Å². The minimum atomic E-state index is -0.955. The van der Waals surface area contributed by atoms with Crippen LogP contribution >= 0.6 is 0 Å². The third-order valence-electron chi connectivity index (χ3n) is 2.00. The molecule has 2 aromatic rings. The van der Waals surface area contributed by atoms with E-state index in [0.717, 1.165) is 0 Å². The topological polar surface area (TPSA) is 70.9 Å². The number of imidazole rings is 1. The largest absolute Gasteiger partial charge is 0.477 e. The highest BCUT2D eigenvalue weighted by molar-refractivity contribution is 5.88. The second-order valence-corrected chi connectivity index (χ2v) is 2.94. The fourth-order valence-electron chi connectivity index (χ4n) is 1.37. The van der Waals surface area contributed by atoms with E-state index in [-0.39, 0.29) is 5.69 Å². The average molecular weight is 191 g/mol. The first-order valence-electron chi connectivity index (χ1n) is 4.11. The molecule has 2 N–H and O–H groups in total. The van der Waals surface area contributed by atoms with E-state index in [9.17, 15) is 4.79 Å². The van der Waals surface area contributed by atoms with Crippen molar-refractivity contribution in [2.24, 2.45) is 0 Å². The van der Waals surface area contributed by atoms with E-state index in [0.29, 0.717) is 11.5 Å². The van der Waals surface area contributed by atoms with Crippen LogP contribution in [-0.2, 0) is 0 Å². The molecule has 0 aliphatic rings. The van der Waals surface area contributed by atoms with Gasteiger partial charge in [0.25, 0.3) is 0 Å². The molecule has 0 amide bonds. The molecule has 14 heavy (non-hydrogen) atoms. The minimum absolute atomic E-state index is 0.236. The van der Waals surface area contributed by atoms with Crippen LogP contribution in [0.4, 0.5) is 0 Å². The van der Waals surface area contributed by atoms with Gasteiger partial charge in [0.2, 0.25) is 5.95 Å². The second-order valence-electron chi connectivity index (χ2n) is 2.94. The first kappa shape index (κ1) is 8.55. The Hall–Kier alpha value is -2.04. The van der Waals surface area contributed by atoms with E-state index < -0.39 is 5.97 Å². The van der Waals surface area contributed by atoms with Crippen LogP contribution in [0.1, 0.15) is 16.1 Å². The Labute approximate surface area is 80.0 Å². The van der Waals surface area contributed by atoms with Crippen molar-refractivity contribution in [3.8, 4) is 5.95 Å². The third-order valence-corrected chi connectivity index (χ3v) is 2.00. The molecular formula is C9H9N3O2. The Balaban J connectivity index is 2.60. The van der Waals surface area contributed by atoms with E-state index >= 15 is 0 Å². The standard InChI is InChI=1S/C9H9N3O2/c1-6-2-5-12(7(6)8(13)14)9-10-3-4-11-9/h2-5H,1H3,(H,10,11)(H,13,14). The molecule has 0 aromatic carbocycles. The van der Waals surface area contributed by atoms with Crippen molar-refractivity contribution in [1.29, 1.82) is 0 Å². The van der Waals surface area contributed by atoms with Crippen LogP contribution in [0.5, 0.6) is 0 Å². The maximum atomic E-state index is 10.9. The Morgan fingerprint density at radius 3 is 3.00 bits per heavy atom. The van der Waals surface area contributed by atoms with Gasteiger partial charge in [0.05, 0.1) is 0 Å². The number of carboxylic acids is 1. The number of nitrogens with one attached hydrogen (secondary N) is 1. The lowest BCUT2D eigenvalue weighted by atomic mass is 10.3. The highest BCUT2D eigenvalue weighted by Gasteiger charge is 2.15. The van der Waals surface area contributed by atoms with E-state index in [4.69, 9.17) is 5.11 Å². The lowest BCUT2D eigenvalue weighted by Crippen LogP contribution is -2.08. The van der Waals surface area contributed by atoms with Gasteiger partial charge in [-0.3, -0.25) is 4.57 Å². The monoisotopic (exact) mass is 191 g/mol. The molecule has 0 bridgehead atoms. The van der Waals surface area contributed by atoms with E-state index in [1.807, 2.05) is 0 Å². The molecule has 72 valence electrons. The normalized spacial score (nSPS) is 10.4. The molecule has 0 aliphatic carbocycles. The number of hydrogen-bond donors (Lipinski definition) is 2. The molecule has 0 unspecified atom stereocenters. The van der Waals surface area contributed by atoms with Crippen molar-refractivity contribution >= 4 is 5.97 Å². The van der Waals surface area contributed by atoms with Gasteiger partial charge < -0.3 is 10.1 Å². The zero-order chi connectivity index (χ0) is 10.1. The number of rotatable bonds is 2. The smallest absolute Gasteiger partial charge is 0.353 e. The second kappa shape index (κ2) is 3.02. The number of nitrogens with zero attached hydrogens (tertiary/aromatic N) is 2. The molecule has 5 heteroatoms. The Bertz CT molecular complexity index is 456. The Kier molecular flexibility index (Phi) is 1.85. The van der Waals surface area contributed by atoms with Gasteiger partial charge in [-0.05, 0) is 18.6 Å². The maximum absolute atomic E-state index is 10.9. The number of hydrogen-bond acceptors (Lipinski definition) is 2. The number of H-pyrrole nitrogens is 1. The van der Waals surface area contributed by atoms with Crippen LogP contribution in [0.25, 0.3) is 5.95 Å². The molecule has 0 aliphatic heterocycles. The summed E-state index contributed by atoms with van der Waals surface area (Å²) < 4.78 is 1.51. The molecule has 0 atom stereocenters. The van der Waals surface area contributed by atoms with Gasteiger partial charge in [0, 0.05) is 18.6 Å². The van der Waals surface area contributed by atoms with Crippen molar-refractivity contribution in [3.63, 3.8) is 0 Å². The lowest BCUT2D eigenvalue weighted by Gasteiger charge is -2.01. The van der Waals surface area contributed by atoms with Crippen LogP contribution in [-0.4, -0.2) is 25.6 Å². The summed E-state index contributed by atoms with van der Waals surface area (Å²) >= 11 is 0. The summed E-state index contributed by atoms with van der Waals surface area (Å²) in [5.41, 5.74) is 0.953. The van der Waals surface area contributed by atoms with E-state index in [2.05, 4.69) is 9.97 Å². The van der Waals surface area contributed by atoms with E-state index in [1.165, 1.54) is 4.57 Å². The van der Waals surface area contributed by atoms with E-state index in [1.54, 1.807) is 31.6 Å². The van der Waals surface area contributed by atoms with Gasteiger partial charge in [-0.2, -0.15) is 0 Å². The van der Waals surface area contributed by atoms with Gasteiger partial charge in [-0.1, -0.05) is 0 Å². The first-order chi connectivity index (χ1) is 6.70. The zero-order valence-electron chi connectivity index (χ0n) is 7.56. The molecule has 0 saturated carbocycles. The maximum Gasteiger partial charge on any atom is 0.353 e. The van der Waals surface area contributed by atoms with Crippen molar-refractivity contribution in [1.82, 2.24) is 14.5 Å². The summed E-state index contributed by atoms with van der Waals surface area (Å²) in [6.45, 7) is 1.75. The SMILES string of the molecule is Cc1ccn(-c2ncc[nH]2)c1C(=O)O. The van der Waals surface area contributed by atoms with Crippen molar-refractivity contribution in [2.45, 2.75) is 6.92 Å². The summed E-state index contributed by atoms with van der Waals surface area (Å²) in [5, 5.41) is 8.97. The summed E-state index contributed by atoms with van der Waals surface area (Å²) in [4.78, 5) is 17.8. The molecule has 0 radical (unpaired) electrons. The van der Waals surface area contributed by atoms with Gasteiger partial charge in [0.15, 0.2) is 0 Å². The summed E-state index contributed by atoms with van der Waals surface area (Å²) in [7, 11) is 0.